The van der Waals surface area contributed by atoms with E-state index in [1.807, 2.05) is 0 Å². The summed E-state index contributed by atoms with van der Waals surface area (Å²) in [7, 11) is 1.18. The number of fused-ring (bicyclic) bond motifs is 1. The summed E-state index contributed by atoms with van der Waals surface area (Å²) < 4.78 is 42.1. The maximum Gasteiger partial charge on any atom is 0.416 e. The lowest BCUT2D eigenvalue weighted by Crippen LogP contribution is -2.20. The van der Waals surface area contributed by atoms with Gasteiger partial charge in [-0.05, 0) is 29.7 Å². The van der Waals surface area contributed by atoms with Crippen LogP contribution < -0.4 is 0 Å². The molecule has 0 heterocycles. The van der Waals surface area contributed by atoms with Crippen molar-refractivity contribution >= 4 is 5.97 Å². The Kier molecular flexibility index (Phi) is 3.06. The van der Waals surface area contributed by atoms with Gasteiger partial charge in [0.25, 0.3) is 0 Å². The van der Waals surface area contributed by atoms with Crippen molar-refractivity contribution in [2.24, 2.45) is 5.92 Å². The van der Waals surface area contributed by atoms with Crippen molar-refractivity contribution in [2.75, 3.05) is 7.11 Å². The van der Waals surface area contributed by atoms with Gasteiger partial charge in [0.15, 0.2) is 0 Å². The lowest BCUT2D eigenvalue weighted by Gasteiger charge is -2.13. The number of rotatable bonds is 1. The van der Waals surface area contributed by atoms with Gasteiger partial charge in [0.1, 0.15) is 0 Å². The van der Waals surface area contributed by atoms with Gasteiger partial charge in [-0.15, -0.1) is 0 Å². The number of hydrogen-bond donors (Lipinski definition) is 1. The molecule has 1 aliphatic carbocycles. The monoisotopic (exact) mass is 260 g/mol. The molecule has 1 aromatic rings. The second kappa shape index (κ2) is 4.28. The Hall–Kier alpha value is -1.56. The number of carbonyl (C=O) groups is 1. The lowest BCUT2D eigenvalue weighted by atomic mass is 10.0. The predicted octanol–water partition coefficient (Wildman–Crippen LogP) is 2.08. The fourth-order valence-electron chi connectivity index (χ4n) is 2.16. The number of aliphatic hydroxyl groups is 1. The molecule has 1 aromatic carbocycles. The summed E-state index contributed by atoms with van der Waals surface area (Å²) in [5.41, 5.74) is -0.128. The molecule has 0 fully saturated rings. The summed E-state index contributed by atoms with van der Waals surface area (Å²) >= 11 is 0. The van der Waals surface area contributed by atoms with E-state index in [1.165, 1.54) is 13.2 Å². The van der Waals surface area contributed by atoms with Gasteiger partial charge in [-0.25, -0.2) is 0 Å². The summed E-state index contributed by atoms with van der Waals surface area (Å²) in [4.78, 5) is 11.4. The highest BCUT2D eigenvalue weighted by Crippen LogP contribution is 2.40. The molecule has 6 heteroatoms. The molecule has 0 amide bonds. The third-order valence-corrected chi connectivity index (χ3v) is 3.12. The first-order chi connectivity index (χ1) is 8.34. The van der Waals surface area contributed by atoms with Crippen LogP contribution in [0.25, 0.3) is 0 Å². The van der Waals surface area contributed by atoms with Crippen LogP contribution in [0.4, 0.5) is 13.2 Å². The van der Waals surface area contributed by atoms with Crippen molar-refractivity contribution in [3.63, 3.8) is 0 Å². The molecule has 0 aliphatic heterocycles. The zero-order valence-electron chi connectivity index (χ0n) is 9.49. The SMILES string of the molecule is COC(=O)C1Cc2ccc(C(F)(F)F)cc2C1O. The highest BCUT2D eigenvalue weighted by molar-refractivity contribution is 5.75. The zero-order chi connectivity index (χ0) is 13.5. The number of halogens is 3. The average Bonchev–Trinajstić information content (AvgIpc) is 2.64. The Balaban J connectivity index is 2.36. The molecule has 0 saturated heterocycles. The van der Waals surface area contributed by atoms with E-state index in [2.05, 4.69) is 4.74 Å². The van der Waals surface area contributed by atoms with Crippen LogP contribution in [0.3, 0.4) is 0 Å². The van der Waals surface area contributed by atoms with Crippen LogP contribution >= 0.6 is 0 Å². The van der Waals surface area contributed by atoms with Crippen molar-refractivity contribution in [1.82, 2.24) is 0 Å². The van der Waals surface area contributed by atoms with Crippen LogP contribution in [-0.4, -0.2) is 18.2 Å². The molecule has 1 aliphatic rings. The first-order valence-corrected chi connectivity index (χ1v) is 5.30. The Morgan fingerprint density at radius 2 is 2.11 bits per heavy atom. The van der Waals surface area contributed by atoms with Crippen molar-refractivity contribution < 1.29 is 27.8 Å². The summed E-state index contributed by atoms with van der Waals surface area (Å²) in [6.45, 7) is 0. The molecule has 0 saturated carbocycles. The molecular formula is C12H11F3O3. The molecule has 0 bridgehead atoms. The number of esters is 1. The Labute approximate surface area is 101 Å². The molecule has 98 valence electrons. The molecule has 18 heavy (non-hydrogen) atoms. The van der Waals surface area contributed by atoms with Crippen molar-refractivity contribution in [2.45, 2.75) is 18.7 Å². The Bertz CT molecular complexity index is 482. The van der Waals surface area contributed by atoms with Crippen LogP contribution in [0.15, 0.2) is 18.2 Å². The van der Waals surface area contributed by atoms with Gasteiger partial charge in [-0.1, -0.05) is 6.07 Å². The minimum atomic E-state index is -4.46. The average molecular weight is 260 g/mol. The second-order valence-electron chi connectivity index (χ2n) is 4.19. The number of ether oxygens (including phenoxy) is 1. The van der Waals surface area contributed by atoms with E-state index in [0.717, 1.165) is 12.1 Å². The Morgan fingerprint density at radius 1 is 1.44 bits per heavy atom. The van der Waals surface area contributed by atoms with Gasteiger partial charge >= 0.3 is 12.1 Å². The number of alkyl halides is 3. The number of methoxy groups -OCH3 is 1. The van der Waals surface area contributed by atoms with Crippen molar-refractivity contribution in [1.29, 1.82) is 0 Å². The van der Waals surface area contributed by atoms with Gasteiger partial charge in [0.05, 0.1) is 24.7 Å². The highest BCUT2D eigenvalue weighted by Gasteiger charge is 2.39. The normalized spacial score (nSPS) is 22.7. The molecule has 1 N–H and O–H groups in total. The van der Waals surface area contributed by atoms with Gasteiger partial charge in [-0.3, -0.25) is 4.79 Å². The quantitative estimate of drug-likeness (QED) is 0.786. The van der Waals surface area contributed by atoms with E-state index in [1.54, 1.807) is 0 Å². The van der Waals surface area contributed by atoms with Gasteiger partial charge in [0.2, 0.25) is 0 Å². The highest BCUT2D eigenvalue weighted by atomic mass is 19.4. The number of aliphatic hydroxyl groups excluding tert-OH is 1. The molecule has 0 spiro atoms. The summed E-state index contributed by atoms with van der Waals surface area (Å²) in [6, 6.07) is 3.14. The molecule has 2 rings (SSSR count). The third-order valence-electron chi connectivity index (χ3n) is 3.12. The van der Waals surface area contributed by atoms with Crippen LogP contribution in [0, 0.1) is 5.92 Å². The second-order valence-corrected chi connectivity index (χ2v) is 4.19. The molecule has 2 atom stereocenters. The molecule has 0 aromatic heterocycles. The van der Waals surface area contributed by atoms with E-state index in [4.69, 9.17) is 0 Å². The van der Waals surface area contributed by atoms with Gasteiger partial charge < -0.3 is 9.84 Å². The topological polar surface area (TPSA) is 46.5 Å². The maximum atomic E-state index is 12.5. The smallest absolute Gasteiger partial charge is 0.416 e. The first kappa shape index (κ1) is 12.9. The minimum Gasteiger partial charge on any atom is -0.469 e. The van der Waals surface area contributed by atoms with Crippen LogP contribution in [0.1, 0.15) is 22.8 Å². The molecule has 3 nitrogen and oxygen atoms in total. The summed E-state index contributed by atoms with van der Waals surface area (Å²) in [5.74, 6) is -1.44. The van der Waals surface area contributed by atoms with Crippen LogP contribution in [0.5, 0.6) is 0 Å². The van der Waals surface area contributed by atoms with E-state index < -0.39 is 29.7 Å². The number of carbonyl (C=O) groups excluding carboxylic acids is 1. The fraction of sp³-hybridized carbons (Fsp3) is 0.417. The summed E-state index contributed by atoms with van der Waals surface area (Å²) in [5, 5.41) is 9.86. The van der Waals surface area contributed by atoms with Gasteiger partial charge in [-0.2, -0.15) is 13.2 Å². The standard InChI is InChI=1S/C12H11F3O3/c1-18-11(17)9-4-6-2-3-7(12(13,14)15)5-8(6)10(9)16/h2-3,5,9-10,16H,4H2,1H3. The van der Waals surface area contributed by atoms with Gasteiger partial charge in [0, 0.05) is 0 Å². The zero-order valence-corrected chi connectivity index (χ0v) is 9.49. The molecular weight excluding hydrogens is 249 g/mol. The van der Waals surface area contributed by atoms with Crippen molar-refractivity contribution in [3.05, 3.63) is 34.9 Å². The number of hydrogen-bond acceptors (Lipinski definition) is 3. The summed E-state index contributed by atoms with van der Waals surface area (Å²) in [6.07, 6.45) is -5.51. The van der Waals surface area contributed by atoms with Crippen LogP contribution in [-0.2, 0) is 22.1 Å². The molecule has 0 radical (unpaired) electrons. The van der Waals surface area contributed by atoms with Crippen LogP contribution in [0.2, 0.25) is 0 Å². The molecule has 2 unspecified atom stereocenters. The predicted molar refractivity (Wildman–Crippen MR) is 55.6 cm³/mol. The first-order valence-electron chi connectivity index (χ1n) is 5.30. The largest absolute Gasteiger partial charge is 0.469 e. The van der Waals surface area contributed by atoms with Crippen molar-refractivity contribution in [3.8, 4) is 0 Å². The Morgan fingerprint density at radius 3 is 2.67 bits per heavy atom. The van der Waals surface area contributed by atoms with E-state index >= 15 is 0 Å². The van der Waals surface area contributed by atoms with E-state index in [9.17, 15) is 23.1 Å². The minimum absolute atomic E-state index is 0.153. The number of benzene rings is 1. The third kappa shape index (κ3) is 2.08. The fourth-order valence-corrected chi connectivity index (χ4v) is 2.16. The van der Waals surface area contributed by atoms with E-state index in [0.29, 0.717) is 5.56 Å². The van der Waals surface area contributed by atoms with E-state index in [-0.39, 0.29) is 12.0 Å². The maximum absolute atomic E-state index is 12.5. The lowest BCUT2D eigenvalue weighted by molar-refractivity contribution is -0.148.